The van der Waals surface area contributed by atoms with Crippen LogP contribution in [0.4, 0.5) is 32.3 Å². The van der Waals surface area contributed by atoms with Gasteiger partial charge in [0.25, 0.3) is 0 Å². The number of benzene rings is 1. The monoisotopic (exact) mass is 538 g/mol. The smallest absolute Gasteiger partial charge is 0.475 e. The lowest BCUT2D eigenvalue weighted by atomic mass is 10.1. The minimum atomic E-state index is -5.08. The molecule has 0 spiro atoms. The van der Waals surface area contributed by atoms with Crippen molar-refractivity contribution in [2.75, 3.05) is 31.1 Å². The summed E-state index contributed by atoms with van der Waals surface area (Å²) in [5, 5.41) is 14.2. The largest absolute Gasteiger partial charge is 0.490 e. The van der Waals surface area contributed by atoms with Crippen LogP contribution in [0, 0.1) is 0 Å². The summed E-state index contributed by atoms with van der Waals surface area (Å²) in [7, 11) is 0. The number of carbonyl (C=O) groups is 2. The third kappa shape index (κ3) is 10.2. The highest BCUT2D eigenvalue weighted by Crippen LogP contribution is 2.26. The van der Waals surface area contributed by atoms with E-state index in [2.05, 4.69) is 44.0 Å². The minimum Gasteiger partial charge on any atom is -0.475 e. The molecule has 0 saturated carbocycles. The fourth-order valence-corrected chi connectivity index (χ4v) is 3.54. The molecule has 15 heteroatoms. The summed E-state index contributed by atoms with van der Waals surface area (Å²) in [4.78, 5) is 31.4. The van der Waals surface area contributed by atoms with Gasteiger partial charge < -0.3 is 19.8 Å². The molecule has 0 radical (unpaired) electrons. The summed E-state index contributed by atoms with van der Waals surface area (Å²) in [6.07, 6.45) is -5.11. The SMILES string of the molecule is O=C(O)C(F)(F)F.O=C(O)C(F)(F)F.c1ccc(CO[C@@H]2C[C@H]3CN(c4ncccn4)CCN3C2)cc1. The van der Waals surface area contributed by atoms with Crippen LogP contribution in [0.25, 0.3) is 0 Å². The van der Waals surface area contributed by atoms with Crippen molar-refractivity contribution in [2.24, 2.45) is 0 Å². The lowest BCUT2D eigenvalue weighted by molar-refractivity contribution is -0.193. The van der Waals surface area contributed by atoms with Gasteiger partial charge in [0.15, 0.2) is 0 Å². The highest BCUT2D eigenvalue weighted by Gasteiger charge is 2.39. The van der Waals surface area contributed by atoms with Gasteiger partial charge in [-0.1, -0.05) is 30.3 Å². The zero-order chi connectivity index (χ0) is 27.6. The average Bonchev–Trinajstić information content (AvgIpc) is 3.26. The van der Waals surface area contributed by atoms with Crippen LogP contribution in [0.15, 0.2) is 48.8 Å². The van der Waals surface area contributed by atoms with Crippen LogP contribution in [0.1, 0.15) is 12.0 Å². The first kappa shape index (κ1) is 29.8. The van der Waals surface area contributed by atoms with Crippen LogP contribution in [0.3, 0.4) is 0 Å². The van der Waals surface area contributed by atoms with Gasteiger partial charge in [0.05, 0.1) is 12.7 Å². The number of aromatic nitrogens is 2. The van der Waals surface area contributed by atoms with E-state index in [0.717, 1.165) is 38.5 Å². The fourth-order valence-electron chi connectivity index (χ4n) is 3.54. The number of nitrogens with zero attached hydrogens (tertiary/aromatic N) is 4. The van der Waals surface area contributed by atoms with Crippen molar-refractivity contribution >= 4 is 17.9 Å². The molecule has 2 saturated heterocycles. The standard InChI is InChI=1S/C18H22N4O.2C2HF3O2/c1-2-5-15(6-3-1)14-23-17-11-16-12-22(10-9-21(16)13-17)18-19-7-4-8-20-18;2*3-2(4,5)1(6)7/h1-8,16-17H,9-14H2;2*(H,6,7)/t16-,17+;;/m0../s1. The zero-order valence-electron chi connectivity index (χ0n) is 19.2. The van der Waals surface area contributed by atoms with Gasteiger partial charge >= 0.3 is 24.3 Å². The molecule has 0 unspecified atom stereocenters. The second-order valence-corrected chi connectivity index (χ2v) is 7.90. The van der Waals surface area contributed by atoms with Gasteiger partial charge in [0.2, 0.25) is 5.95 Å². The molecule has 2 aliphatic heterocycles. The lowest BCUT2D eigenvalue weighted by Gasteiger charge is -2.37. The Balaban J connectivity index is 0.000000286. The number of carboxylic acid groups (broad SMARTS) is 2. The zero-order valence-corrected chi connectivity index (χ0v) is 19.2. The molecular formula is C22H24F6N4O5. The number of anilines is 1. The van der Waals surface area contributed by atoms with Crippen molar-refractivity contribution in [1.29, 1.82) is 0 Å². The number of piperazine rings is 1. The highest BCUT2D eigenvalue weighted by molar-refractivity contribution is 5.73. The van der Waals surface area contributed by atoms with Crippen molar-refractivity contribution in [3.8, 4) is 0 Å². The molecule has 0 amide bonds. The van der Waals surface area contributed by atoms with E-state index in [1.807, 2.05) is 24.5 Å². The topological polar surface area (TPSA) is 116 Å². The van der Waals surface area contributed by atoms with E-state index < -0.39 is 24.3 Å². The second kappa shape index (κ2) is 13.2. The maximum Gasteiger partial charge on any atom is 0.490 e. The van der Waals surface area contributed by atoms with Gasteiger partial charge in [-0.15, -0.1) is 0 Å². The Morgan fingerprint density at radius 2 is 1.43 bits per heavy atom. The van der Waals surface area contributed by atoms with Crippen molar-refractivity contribution < 1.29 is 50.9 Å². The summed E-state index contributed by atoms with van der Waals surface area (Å²) in [5.74, 6) is -4.67. The second-order valence-electron chi connectivity index (χ2n) is 7.90. The molecule has 2 aliphatic rings. The summed E-state index contributed by atoms with van der Waals surface area (Å²) >= 11 is 0. The predicted octanol–water partition coefficient (Wildman–Crippen LogP) is 3.22. The number of carboxylic acids is 2. The predicted molar refractivity (Wildman–Crippen MR) is 117 cm³/mol. The molecule has 0 bridgehead atoms. The number of ether oxygens (including phenoxy) is 1. The van der Waals surface area contributed by atoms with Gasteiger partial charge in [-0.2, -0.15) is 26.3 Å². The molecule has 2 N–H and O–H groups in total. The molecule has 4 rings (SSSR count). The Labute approximate surface area is 207 Å². The number of hydrogen-bond donors (Lipinski definition) is 2. The molecular weight excluding hydrogens is 514 g/mol. The summed E-state index contributed by atoms with van der Waals surface area (Å²) < 4.78 is 69.6. The van der Waals surface area contributed by atoms with E-state index in [1.165, 1.54) is 5.56 Å². The van der Waals surface area contributed by atoms with E-state index in [9.17, 15) is 26.3 Å². The number of hydrogen-bond acceptors (Lipinski definition) is 7. The van der Waals surface area contributed by atoms with Crippen molar-refractivity contribution in [1.82, 2.24) is 14.9 Å². The number of rotatable bonds is 4. The molecule has 0 aliphatic carbocycles. The van der Waals surface area contributed by atoms with Gasteiger partial charge in [0.1, 0.15) is 0 Å². The minimum absolute atomic E-state index is 0.330. The summed E-state index contributed by atoms with van der Waals surface area (Å²) in [6.45, 7) is 4.80. The number of fused-ring (bicyclic) bond motifs is 1. The van der Waals surface area contributed by atoms with E-state index >= 15 is 0 Å². The molecule has 2 atom stereocenters. The number of halogens is 6. The molecule has 3 heterocycles. The molecule has 204 valence electrons. The Hall–Kier alpha value is -3.46. The normalized spacial score (nSPS) is 19.6. The lowest BCUT2D eigenvalue weighted by Crippen LogP contribution is -2.50. The van der Waals surface area contributed by atoms with Gasteiger partial charge in [-0.25, -0.2) is 19.6 Å². The maximum atomic E-state index is 10.6. The Morgan fingerprint density at radius 1 is 0.892 bits per heavy atom. The van der Waals surface area contributed by atoms with Crippen LogP contribution in [-0.2, 0) is 20.9 Å². The number of aliphatic carboxylic acids is 2. The van der Waals surface area contributed by atoms with E-state index in [-0.39, 0.29) is 0 Å². The third-order valence-corrected chi connectivity index (χ3v) is 5.23. The molecule has 2 fully saturated rings. The number of alkyl halides is 6. The van der Waals surface area contributed by atoms with Crippen LogP contribution >= 0.6 is 0 Å². The van der Waals surface area contributed by atoms with E-state index in [1.54, 1.807) is 0 Å². The van der Waals surface area contributed by atoms with E-state index in [0.29, 0.717) is 18.8 Å². The van der Waals surface area contributed by atoms with Crippen LogP contribution in [-0.4, -0.2) is 87.7 Å². The Kier molecular flexibility index (Phi) is 10.6. The molecule has 37 heavy (non-hydrogen) atoms. The summed E-state index contributed by atoms with van der Waals surface area (Å²) in [5.41, 5.74) is 1.25. The first-order valence-electron chi connectivity index (χ1n) is 10.8. The Bertz CT molecular complexity index is 971. The molecule has 9 nitrogen and oxygen atoms in total. The first-order valence-corrected chi connectivity index (χ1v) is 10.8. The third-order valence-electron chi connectivity index (χ3n) is 5.23. The highest BCUT2D eigenvalue weighted by atomic mass is 19.4. The Morgan fingerprint density at radius 3 is 1.95 bits per heavy atom. The molecule has 1 aromatic heterocycles. The van der Waals surface area contributed by atoms with Crippen LogP contribution in [0.5, 0.6) is 0 Å². The summed E-state index contributed by atoms with van der Waals surface area (Å²) in [6, 6.07) is 12.8. The van der Waals surface area contributed by atoms with Crippen molar-refractivity contribution in [3.05, 3.63) is 54.4 Å². The van der Waals surface area contributed by atoms with Crippen LogP contribution < -0.4 is 4.90 Å². The molecule has 2 aromatic rings. The van der Waals surface area contributed by atoms with E-state index in [4.69, 9.17) is 24.5 Å². The van der Waals surface area contributed by atoms with Gasteiger partial charge in [0, 0.05) is 44.6 Å². The molecule has 1 aromatic carbocycles. The average molecular weight is 538 g/mol. The van der Waals surface area contributed by atoms with Crippen molar-refractivity contribution in [3.63, 3.8) is 0 Å². The first-order chi connectivity index (χ1) is 17.3. The van der Waals surface area contributed by atoms with Gasteiger partial charge in [-0.05, 0) is 18.1 Å². The maximum absolute atomic E-state index is 10.6. The fraction of sp³-hybridized carbons (Fsp3) is 0.455. The quantitative estimate of drug-likeness (QED) is 0.566. The van der Waals surface area contributed by atoms with Crippen LogP contribution in [0.2, 0.25) is 0 Å². The van der Waals surface area contributed by atoms with Gasteiger partial charge in [-0.3, -0.25) is 4.90 Å². The van der Waals surface area contributed by atoms with Crippen molar-refractivity contribution in [2.45, 2.75) is 37.5 Å².